The highest BCUT2D eigenvalue weighted by molar-refractivity contribution is 7.71. The molecular formula is C12H14Cl2N2S. The van der Waals surface area contributed by atoms with Crippen LogP contribution in [0.1, 0.15) is 26.2 Å². The third-order valence-electron chi connectivity index (χ3n) is 2.80. The second-order valence-corrected chi connectivity index (χ2v) is 5.27. The molecule has 2 rings (SSSR count). The summed E-state index contributed by atoms with van der Waals surface area (Å²) in [5.41, 5.74) is 1.97. The van der Waals surface area contributed by atoms with Gasteiger partial charge in [-0.05, 0) is 30.8 Å². The third kappa shape index (κ3) is 2.67. The highest BCUT2D eigenvalue weighted by Gasteiger charge is 2.07. The Morgan fingerprint density at radius 3 is 2.65 bits per heavy atom. The van der Waals surface area contributed by atoms with Crippen LogP contribution in [-0.2, 0) is 6.54 Å². The van der Waals surface area contributed by atoms with Gasteiger partial charge in [-0.3, -0.25) is 0 Å². The summed E-state index contributed by atoms with van der Waals surface area (Å²) in [5.74, 6) is 0. The number of nitrogens with zero attached hydrogens (tertiary/aromatic N) is 1. The summed E-state index contributed by atoms with van der Waals surface area (Å²) >= 11 is 17.3. The normalized spacial score (nSPS) is 11.2. The number of unbranched alkanes of at least 4 members (excludes halogenated alkanes) is 2. The van der Waals surface area contributed by atoms with Crippen molar-refractivity contribution in [2.45, 2.75) is 32.7 Å². The van der Waals surface area contributed by atoms with Crippen LogP contribution in [0.3, 0.4) is 0 Å². The Morgan fingerprint density at radius 2 is 1.94 bits per heavy atom. The molecule has 0 bridgehead atoms. The van der Waals surface area contributed by atoms with Gasteiger partial charge in [0.1, 0.15) is 0 Å². The first kappa shape index (κ1) is 12.9. The van der Waals surface area contributed by atoms with Crippen molar-refractivity contribution in [1.29, 1.82) is 0 Å². The number of fused-ring (bicyclic) bond motifs is 1. The van der Waals surface area contributed by atoms with Gasteiger partial charge in [0.15, 0.2) is 4.77 Å². The predicted octanol–water partition coefficient (Wildman–Crippen LogP) is 5.20. The minimum absolute atomic E-state index is 0.552. The Kier molecular flexibility index (Phi) is 4.13. The lowest BCUT2D eigenvalue weighted by Gasteiger charge is -2.04. The van der Waals surface area contributed by atoms with E-state index in [0.29, 0.717) is 10.0 Å². The molecule has 2 aromatic rings. The molecule has 0 spiro atoms. The first-order valence-corrected chi connectivity index (χ1v) is 6.87. The Hall–Kier alpha value is -0.510. The molecule has 0 amide bonds. The monoisotopic (exact) mass is 288 g/mol. The van der Waals surface area contributed by atoms with Crippen molar-refractivity contribution < 1.29 is 0 Å². The van der Waals surface area contributed by atoms with Gasteiger partial charge in [0, 0.05) is 6.54 Å². The maximum Gasteiger partial charge on any atom is 0.178 e. The lowest BCUT2D eigenvalue weighted by molar-refractivity contribution is 0.608. The summed E-state index contributed by atoms with van der Waals surface area (Å²) in [5, 5.41) is 1.12. The number of aromatic nitrogens is 2. The van der Waals surface area contributed by atoms with Crippen LogP contribution in [0.25, 0.3) is 11.0 Å². The molecule has 1 aromatic carbocycles. The molecule has 17 heavy (non-hydrogen) atoms. The number of H-pyrrole nitrogens is 1. The first-order valence-electron chi connectivity index (χ1n) is 5.71. The molecule has 0 aliphatic rings. The molecule has 0 saturated carbocycles. The number of aromatic amines is 1. The molecule has 5 heteroatoms. The summed E-state index contributed by atoms with van der Waals surface area (Å²) in [4.78, 5) is 3.16. The van der Waals surface area contributed by atoms with E-state index in [1.54, 1.807) is 0 Å². The van der Waals surface area contributed by atoms with Crippen molar-refractivity contribution in [2.24, 2.45) is 0 Å². The van der Waals surface area contributed by atoms with E-state index < -0.39 is 0 Å². The average Bonchev–Trinajstić information content (AvgIpc) is 2.57. The highest BCUT2D eigenvalue weighted by atomic mass is 35.5. The van der Waals surface area contributed by atoms with Crippen molar-refractivity contribution >= 4 is 46.5 Å². The standard InChI is InChI=1S/C12H14Cl2N2S/c1-2-3-4-5-16-11-7-9(14)8(13)6-10(11)15-12(16)17/h6-7H,2-5H2,1H3,(H,15,17). The van der Waals surface area contributed by atoms with Crippen LogP contribution in [0.4, 0.5) is 0 Å². The number of rotatable bonds is 4. The largest absolute Gasteiger partial charge is 0.331 e. The van der Waals surface area contributed by atoms with Crippen molar-refractivity contribution in [2.75, 3.05) is 0 Å². The average molecular weight is 289 g/mol. The second-order valence-electron chi connectivity index (χ2n) is 4.07. The lowest BCUT2D eigenvalue weighted by atomic mass is 10.2. The zero-order chi connectivity index (χ0) is 12.4. The van der Waals surface area contributed by atoms with Crippen LogP contribution in [-0.4, -0.2) is 9.55 Å². The molecule has 0 unspecified atom stereocenters. The van der Waals surface area contributed by atoms with Gasteiger partial charge in [0.25, 0.3) is 0 Å². The van der Waals surface area contributed by atoms with E-state index in [1.165, 1.54) is 12.8 Å². The second kappa shape index (κ2) is 5.42. The third-order valence-corrected chi connectivity index (χ3v) is 3.85. The summed E-state index contributed by atoms with van der Waals surface area (Å²) in [7, 11) is 0. The van der Waals surface area contributed by atoms with E-state index in [2.05, 4.69) is 16.5 Å². The summed E-state index contributed by atoms with van der Waals surface area (Å²) in [6.45, 7) is 3.11. The quantitative estimate of drug-likeness (QED) is 0.606. The van der Waals surface area contributed by atoms with Crippen LogP contribution in [0.2, 0.25) is 10.0 Å². The molecule has 0 atom stereocenters. The molecule has 2 nitrogen and oxygen atoms in total. The molecule has 92 valence electrons. The van der Waals surface area contributed by atoms with Crippen LogP contribution < -0.4 is 0 Å². The van der Waals surface area contributed by atoms with E-state index in [4.69, 9.17) is 35.4 Å². The highest BCUT2D eigenvalue weighted by Crippen LogP contribution is 2.27. The van der Waals surface area contributed by atoms with E-state index in [0.717, 1.165) is 28.8 Å². The molecule has 0 aliphatic heterocycles. The van der Waals surface area contributed by atoms with Crippen molar-refractivity contribution in [3.05, 3.63) is 26.9 Å². The molecule has 1 heterocycles. The van der Waals surface area contributed by atoms with Gasteiger partial charge >= 0.3 is 0 Å². The van der Waals surface area contributed by atoms with Crippen LogP contribution in [0, 0.1) is 4.77 Å². The topological polar surface area (TPSA) is 20.7 Å². The number of nitrogens with one attached hydrogen (secondary N) is 1. The minimum Gasteiger partial charge on any atom is -0.331 e. The fourth-order valence-corrected chi connectivity index (χ4v) is 2.51. The number of halogens is 2. The molecular weight excluding hydrogens is 275 g/mol. The minimum atomic E-state index is 0.552. The molecule has 0 fully saturated rings. The summed E-state index contributed by atoms with van der Waals surface area (Å²) in [6, 6.07) is 3.70. The zero-order valence-corrected chi connectivity index (χ0v) is 11.9. The summed E-state index contributed by atoms with van der Waals surface area (Å²) < 4.78 is 2.82. The van der Waals surface area contributed by atoms with Gasteiger partial charge in [-0.1, -0.05) is 43.0 Å². The van der Waals surface area contributed by atoms with E-state index >= 15 is 0 Å². The zero-order valence-electron chi connectivity index (χ0n) is 9.59. The van der Waals surface area contributed by atoms with Gasteiger partial charge in [0.2, 0.25) is 0 Å². The maximum atomic E-state index is 6.04. The Labute approximate surface area is 116 Å². The van der Waals surface area contributed by atoms with E-state index in [1.807, 2.05) is 12.1 Å². The Morgan fingerprint density at radius 1 is 1.24 bits per heavy atom. The van der Waals surface area contributed by atoms with Crippen LogP contribution >= 0.6 is 35.4 Å². The molecule has 0 radical (unpaired) electrons. The summed E-state index contributed by atoms with van der Waals surface area (Å²) in [6.07, 6.45) is 3.52. The first-order chi connectivity index (χ1) is 8.13. The SMILES string of the molecule is CCCCCn1c(=S)[nH]c2cc(Cl)c(Cl)cc21. The van der Waals surface area contributed by atoms with Gasteiger partial charge in [-0.25, -0.2) is 0 Å². The smallest absolute Gasteiger partial charge is 0.178 e. The molecule has 1 N–H and O–H groups in total. The van der Waals surface area contributed by atoms with E-state index in [9.17, 15) is 0 Å². The Bertz CT molecular complexity index is 586. The number of aryl methyl sites for hydroxylation is 1. The fraction of sp³-hybridized carbons (Fsp3) is 0.417. The van der Waals surface area contributed by atoms with Crippen LogP contribution in [0.15, 0.2) is 12.1 Å². The Balaban J connectivity index is 2.44. The van der Waals surface area contributed by atoms with Crippen molar-refractivity contribution in [3.8, 4) is 0 Å². The van der Waals surface area contributed by atoms with Crippen molar-refractivity contribution in [1.82, 2.24) is 9.55 Å². The van der Waals surface area contributed by atoms with E-state index in [-0.39, 0.29) is 0 Å². The molecule has 0 saturated heterocycles. The van der Waals surface area contributed by atoms with Crippen LogP contribution in [0.5, 0.6) is 0 Å². The number of imidazole rings is 1. The predicted molar refractivity (Wildman–Crippen MR) is 76.7 cm³/mol. The number of hydrogen-bond acceptors (Lipinski definition) is 1. The maximum absolute atomic E-state index is 6.04. The van der Waals surface area contributed by atoms with Crippen molar-refractivity contribution in [3.63, 3.8) is 0 Å². The molecule has 0 aliphatic carbocycles. The number of benzene rings is 1. The van der Waals surface area contributed by atoms with Gasteiger partial charge in [-0.2, -0.15) is 0 Å². The van der Waals surface area contributed by atoms with Gasteiger partial charge < -0.3 is 9.55 Å². The van der Waals surface area contributed by atoms with Gasteiger partial charge in [0.05, 0.1) is 21.1 Å². The van der Waals surface area contributed by atoms with Gasteiger partial charge in [-0.15, -0.1) is 0 Å². The lowest BCUT2D eigenvalue weighted by Crippen LogP contribution is -1.97. The number of hydrogen-bond donors (Lipinski definition) is 1. The molecule has 1 aromatic heterocycles. The fourth-order valence-electron chi connectivity index (χ4n) is 1.89.